The van der Waals surface area contributed by atoms with Gasteiger partial charge < -0.3 is 24.1 Å². The number of hydrogen-bond donors (Lipinski definition) is 1. The molecule has 2 heterocycles. The smallest absolute Gasteiger partial charge is 0.230 e. The second kappa shape index (κ2) is 10.2. The zero-order valence-corrected chi connectivity index (χ0v) is 19.2. The first-order valence-electron chi connectivity index (χ1n) is 10.2. The highest BCUT2D eigenvalue weighted by molar-refractivity contribution is 7.99. The van der Waals surface area contributed by atoms with Gasteiger partial charge in [0.05, 0.1) is 44.4 Å². The maximum atomic E-state index is 12.6. The molecule has 2 atom stereocenters. The Balaban J connectivity index is 1.63. The van der Waals surface area contributed by atoms with Gasteiger partial charge >= 0.3 is 0 Å². The quantitative estimate of drug-likeness (QED) is 0.608. The number of thioether (sulfide) groups is 1. The van der Waals surface area contributed by atoms with Crippen LogP contribution >= 0.6 is 11.8 Å². The van der Waals surface area contributed by atoms with Gasteiger partial charge in [-0.15, -0.1) is 0 Å². The first-order valence-corrected chi connectivity index (χ1v) is 11.2. The van der Waals surface area contributed by atoms with Crippen LogP contribution in [0.1, 0.15) is 42.8 Å². The van der Waals surface area contributed by atoms with Crippen molar-refractivity contribution in [3.05, 3.63) is 35.2 Å². The molecule has 164 valence electrons. The van der Waals surface area contributed by atoms with Gasteiger partial charge in [-0.05, 0) is 51.8 Å². The summed E-state index contributed by atoms with van der Waals surface area (Å²) in [5, 5.41) is 3.91. The monoisotopic (exact) mass is 433 g/mol. The predicted molar refractivity (Wildman–Crippen MR) is 118 cm³/mol. The van der Waals surface area contributed by atoms with Crippen molar-refractivity contribution in [3.8, 4) is 11.5 Å². The van der Waals surface area contributed by atoms with E-state index in [2.05, 4.69) is 21.8 Å². The molecule has 1 aromatic carbocycles. The number of carbonyl (C=O) groups is 1. The lowest BCUT2D eigenvalue weighted by molar-refractivity contribution is -0.119. The number of aromatic nitrogens is 2. The Morgan fingerprint density at radius 3 is 2.83 bits per heavy atom. The fraction of sp³-hybridized carbons (Fsp3) is 0.545. The number of methoxy groups -OCH3 is 2. The summed E-state index contributed by atoms with van der Waals surface area (Å²) < 4.78 is 18.7. The van der Waals surface area contributed by atoms with Crippen molar-refractivity contribution in [3.63, 3.8) is 0 Å². The minimum absolute atomic E-state index is 0.0562. The van der Waals surface area contributed by atoms with Crippen LogP contribution < -0.4 is 14.8 Å². The van der Waals surface area contributed by atoms with Gasteiger partial charge in [0.1, 0.15) is 11.5 Å². The Kier molecular flexibility index (Phi) is 7.66. The topological polar surface area (TPSA) is 74.6 Å². The number of benzene rings is 1. The summed E-state index contributed by atoms with van der Waals surface area (Å²) in [7, 11) is 3.24. The predicted octanol–water partition coefficient (Wildman–Crippen LogP) is 3.67. The lowest BCUT2D eigenvalue weighted by atomic mass is 10.1. The molecule has 1 N–H and O–H groups in total. The third-order valence-corrected chi connectivity index (χ3v) is 6.42. The standard InChI is InChI=1S/C22H31N3O4S/c1-14-16(3)25(12-18-7-6-10-29-18)22(24-14)30-13-21(26)23-15(2)19-11-17(27-4)8-9-20(19)28-5/h8-9,11,15,18H,6-7,10,12-13H2,1-5H3,(H,23,26)/t15-,18-/m0/s1. The molecule has 1 saturated heterocycles. The zero-order valence-electron chi connectivity index (χ0n) is 18.4. The van der Waals surface area contributed by atoms with E-state index in [-0.39, 0.29) is 23.8 Å². The van der Waals surface area contributed by atoms with Gasteiger partial charge in [0.25, 0.3) is 0 Å². The van der Waals surface area contributed by atoms with E-state index in [9.17, 15) is 4.79 Å². The molecule has 1 aromatic heterocycles. The number of aryl methyl sites for hydroxylation is 1. The number of nitrogens with zero attached hydrogens (tertiary/aromatic N) is 2. The summed E-state index contributed by atoms with van der Waals surface area (Å²) in [5.74, 6) is 1.68. The molecule has 30 heavy (non-hydrogen) atoms. The summed E-state index contributed by atoms with van der Waals surface area (Å²) in [4.78, 5) is 17.3. The van der Waals surface area contributed by atoms with Crippen LogP contribution in [0, 0.1) is 13.8 Å². The fourth-order valence-corrected chi connectivity index (χ4v) is 4.52. The zero-order chi connectivity index (χ0) is 21.7. The molecule has 1 aliphatic rings. The van der Waals surface area contributed by atoms with Crippen LogP contribution in [-0.4, -0.2) is 48.1 Å². The van der Waals surface area contributed by atoms with Crippen molar-refractivity contribution in [2.75, 3.05) is 26.6 Å². The van der Waals surface area contributed by atoms with Crippen molar-refractivity contribution in [2.45, 2.75) is 57.5 Å². The van der Waals surface area contributed by atoms with Crippen molar-refractivity contribution in [1.29, 1.82) is 0 Å². The lowest BCUT2D eigenvalue weighted by Gasteiger charge is -2.18. The Hall–Kier alpha value is -2.19. The molecular formula is C22H31N3O4S. The van der Waals surface area contributed by atoms with E-state index in [0.717, 1.165) is 59.6 Å². The molecule has 0 aliphatic carbocycles. The van der Waals surface area contributed by atoms with Gasteiger partial charge in [-0.1, -0.05) is 11.8 Å². The van der Waals surface area contributed by atoms with E-state index >= 15 is 0 Å². The Morgan fingerprint density at radius 2 is 2.17 bits per heavy atom. The SMILES string of the molecule is COc1ccc(OC)c([C@H](C)NC(=O)CSc2nc(C)c(C)n2C[C@@H]2CCCO2)c1. The molecule has 1 amide bonds. The Bertz CT molecular complexity index is 878. The van der Waals surface area contributed by atoms with Gasteiger partial charge in [0, 0.05) is 17.9 Å². The number of nitrogens with one attached hydrogen (secondary N) is 1. The minimum atomic E-state index is -0.210. The maximum Gasteiger partial charge on any atom is 0.230 e. The molecule has 0 spiro atoms. The molecule has 3 rings (SSSR count). The van der Waals surface area contributed by atoms with E-state index in [4.69, 9.17) is 14.2 Å². The van der Waals surface area contributed by atoms with Crippen molar-refractivity contribution < 1.29 is 19.0 Å². The molecule has 1 aliphatic heterocycles. The number of rotatable bonds is 9. The third kappa shape index (κ3) is 5.29. The normalized spacial score (nSPS) is 17.0. The lowest BCUT2D eigenvalue weighted by Crippen LogP contribution is -2.28. The molecule has 2 aromatic rings. The molecule has 0 bridgehead atoms. The highest BCUT2D eigenvalue weighted by Gasteiger charge is 2.21. The van der Waals surface area contributed by atoms with E-state index in [1.54, 1.807) is 14.2 Å². The number of amides is 1. The van der Waals surface area contributed by atoms with Crippen LogP contribution in [-0.2, 0) is 16.1 Å². The van der Waals surface area contributed by atoms with Crippen LogP contribution in [0.2, 0.25) is 0 Å². The van der Waals surface area contributed by atoms with Crippen LogP contribution in [0.3, 0.4) is 0 Å². The average molecular weight is 434 g/mol. The highest BCUT2D eigenvalue weighted by Crippen LogP contribution is 2.29. The second-order valence-electron chi connectivity index (χ2n) is 7.50. The molecule has 0 saturated carbocycles. The molecule has 0 radical (unpaired) electrons. The van der Waals surface area contributed by atoms with E-state index < -0.39 is 0 Å². The Morgan fingerprint density at radius 1 is 1.37 bits per heavy atom. The van der Waals surface area contributed by atoms with Crippen LogP contribution in [0.4, 0.5) is 0 Å². The summed E-state index contributed by atoms with van der Waals surface area (Å²) in [6.45, 7) is 7.62. The summed E-state index contributed by atoms with van der Waals surface area (Å²) in [6.07, 6.45) is 2.40. The molecule has 7 nitrogen and oxygen atoms in total. The van der Waals surface area contributed by atoms with Crippen molar-refractivity contribution >= 4 is 17.7 Å². The van der Waals surface area contributed by atoms with E-state index in [1.165, 1.54) is 11.8 Å². The van der Waals surface area contributed by atoms with Crippen molar-refractivity contribution in [1.82, 2.24) is 14.9 Å². The first kappa shape index (κ1) is 22.5. The van der Waals surface area contributed by atoms with Gasteiger partial charge in [0.2, 0.25) is 5.91 Å². The van der Waals surface area contributed by atoms with Gasteiger partial charge in [-0.25, -0.2) is 4.98 Å². The van der Waals surface area contributed by atoms with Crippen LogP contribution in [0.5, 0.6) is 11.5 Å². The van der Waals surface area contributed by atoms with Crippen LogP contribution in [0.25, 0.3) is 0 Å². The number of hydrogen-bond acceptors (Lipinski definition) is 6. The van der Waals surface area contributed by atoms with Crippen LogP contribution in [0.15, 0.2) is 23.4 Å². The second-order valence-corrected chi connectivity index (χ2v) is 8.44. The van der Waals surface area contributed by atoms with E-state index in [1.807, 2.05) is 32.0 Å². The molecule has 1 fully saturated rings. The first-order chi connectivity index (χ1) is 14.4. The summed E-state index contributed by atoms with van der Waals surface area (Å²) in [5.41, 5.74) is 3.00. The summed E-state index contributed by atoms with van der Waals surface area (Å²) in [6, 6.07) is 5.36. The highest BCUT2D eigenvalue weighted by atomic mass is 32.2. The molecule has 8 heteroatoms. The summed E-state index contributed by atoms with van der Waals surface area (Å²) >= 11 is 1.46. The largest absolute Gasteiger partial charge is 0.497 e. The maximum absolute atomic E-state index is 12.6. The molecular weight excluding hydrogens is 402 g/mol. The number of ether oxygens (including phenoxy) is 3. The average Bonchev–Trinajstić information content (AvgIpc) is 3.35. The molecule has 0 unspecified atom stereocenters. The minimum Gasteiger partial charge on any atom is -0.497 e. The van der Waals surface area contributed by atoms with Gasteiger partial charge in [0.15, 0.2) is 5.16 Å². The third-order valence-electron chi connectivity index (χ3n) is 5.45. The number of carbonyl (C=O) groups excluding carboxylic acids is 1. The van der Waals surface area contributed by atoms with Gasteiger partial charge in [-0.2, -0.15) is 0 Å². The van der Waals surface area contributed by atoms with E-state index in [0.29, 0.717) is 0 Å². The van der Waals surface area contributed by atoms with Crippen molar-refractivity contribution in [2.24, 2.45) is 0 Å². The van der Waals surface area contributed by atoms with Gasteiger partial charge in [-0.3, -0.25) is 4.79 Å². The Labute approximate surface area is 182 Å². The number of imidazole rings is 1. The fourth-order valence-electron chi connectivity index (χ4n) is 3.61.